The molecule has 0 aromatic heterocycles. The third-order valence-electron chi connectivity index (χ3n) is 3.27. The van der Waals surface area contributed by atoms with Crippen molar-refractivity contribution in [3.8, 4) is 0 Å². The fourth-order valence-electron chi connectivity index (χ4n) is 2.09. The number of hydrogen-bond donors (Lipinski definition) is 1. The Bertz CT molecular complexity index is 282. The zero-order valence-electron chi connectivity index (χ0n) is 9.65. The molecule has 0 bridgehead atoms. The van der Waals surface area contributed by atoms with Gasteiger partial charge in [-0.2, -0.15) is 0 Å². The van der Waals surface area contributed by atoms with Crippen molar-refractivity contribution in [3.63, 3.8) is 0 Å². The molecule has 4 nitrogen and oxygen atoms in total. The van der Waals surface area contributed by atoms with Crippen molar-refractivity contribution in [2.24, 2.45) is 11.7 Å². The van der Waals surface area contributed by atoms with Crippen LogP contribution in [-0.4, -0.2) is 38.6 Å². The minimum Gasteiger partial charge on any atom is -0.327 e. The molecule has 0 aliphatic heterocycles. The highest BCUT2D eigenvalue weighted by molar-refractivity contribution is 7.89. The molecule has 0 heterocycles. The van der Waals surface area contributed by atoms with Gasteiger partial charge in [0, 0.05) is 20.1 Å². The van der Waals surface area contributed by atoms with Gasteiger partial charge in [-0.1, -0.05) is 12.8 Å². The van der Waals surface area contributed by atoms with E-state index in [9.17, 15) is 8.42 Å². The molecule has 1 rings (SSSR count). The highest BCUT2D eigenvalue weighted by Crippen LogP contribution is 2.28. The third kappa shape index (κ3) is 3.74. The predicted octanol–water partition coefficient (Wildman–Crippen LogP) is 0.785. The Morgan fingerprint density at radius 3 is 2.33 bits per heavy atom. The van der Waals surface area contributed by atoms with Gasteiger partial charge in [-0.25, -0.2) is 12.7 Å². The van der Waals surface area contributed by atoms with Gasteiger partial charge in [-0.3, -0.25) is 0 Å². The summed E-state index contributed by atoms with van der Waals surface area (Å²) >= 11 is 0. The van der Waals surface area contributed by atoms with Crippen molar-refractivity contribution in [3.05, 3.63) is 0 Å². The van der Waals surface area contributed by atoms with Gasteiger partial charge in [-0.05, 0) is 25.2 Å². The Morgan fingerprint density at radius 2 is 1.87 bits per heavy atom. The van der Waals surface area contributed by atoms with Crippen molar-refractivity contribution in [1.29, 1.82) is 0 Å². The van der Waals surface area contributed by atoms with Gasteiger partial charge >= 0.3 is 0 Å². The molecule has 1 fully saturated rings. The third-order valence-corrected chi connectivity index (χ3v) is 5.14. The summed E-state index contributed by atoms with van der Waals surface area (Å²) in [6, 6.07) is 0.0576. The lowest BCUT2D eigenvalue weighted by Crippen LogP contribution is -2.33. The summed E-state index contributed by atoms with van der Waals surface area (Å²) in [5.41, 5.74) is 6.00. The van der Waals surface area contributed by atoms with Crippen LogP contribution in [0.15, 0.2) is 0 Å². The molecule has 0 aromatic carbocycles. The van der Waals surface area contributed by atoms with Crippen molar-refractivity contribution < 1.29 is 8.42 Å². The van der Waals surface area contributed by atoms with E-state index >= 15 is 0 Å². The summed E-state index contributed by atoms with van der Waals surface area (Å²) < 4.78 is 24.3. The molecule has 0 saturated heterocycles. The zero-order valence-corrected chi connectivity index (χ0v) is 10.5. The van der Waals surface area contributed by atoms with Crippen LogP contribution in [0.2, 0.25) is 0 Å². The van der Waals surface area contributed by atoms with E-state index in [0.717, 1.165) is 0 Å². The van der Waals surface area contributed by atoms with Gasteiger partial charge < -0.3 is 5.73 Å². The maximum absolute atomic E-state index is 11.5. The summed E-state index contributed by atoms with van der Waals surface area (Å²) in [6.07, 6.45) is 5.43. The van der Waals surface area contributed by atoms with Gasteiger partial charge in [0.15, 0.2) is 0 Å². The van der Waals surface area contributed by atoms with Crippen molar-refractivity contribution in [2.45, 2.75) is 38.1 Å². The molecular formula is C10H22N2O2S. The first-order chi connectivity index (χ1) is 6.93. The Kier molecular flexibility index (Phi) is 4.55. The monoisotopic (exact) mass is 234 g/mol. The van der Waals surface area contributed by atoms with Gasteiger partial charge in [0.05, 0.1) is 5.75 Å². The molecule has 15 heavy (non-hydrogen) atoms. The van der Waals surface area contributed by atoms with Gasteiger partial charge in [0.2, 0.25) is 10.0 Å². The van der Waals surface area contributed by atoms with Gasteiger partial charge in [-0.15, -0.1) is 0 Å². The summed E-state index contributed by atoms with van der Waals surface area (Å²) in [4.78, 5) is 0. The standard InChI is InChI=1S/C10H22N2O2S/c1-12(2)15(13,14)8-7-10(11)9-5-3-4-6-9/h9-10H,3-8,11H2,1-2H3. The topological polar surface area (TPSA) is 63.4 Å². The van der Waals surface area contributed by atoms with E-state index in [0.29, 0.717) is 12.3 Å². The van der Waals surface area contributed by atoms with Crippen molar-refractivity contribution in [2.75, 3.05) is 19.8 Å². The first kappa shape index (κ1) is 12.9. The highest BCUT2D eigenvalue weighted by atomic mass is 32.2. The summed E-state index contributed by atoms with van der Waals surface area (Å²) in [5.74, 6) is 0.722. The molecule has 1 aliphatic rings. The summed E-state index contributed by atoms with van der Waals surface area (Å²) in [7, 11) is 0.0623. The summed E-state index contributed by atoms with van der Waals surface area (Å²) in [5, 5.41) is 0. The van der Waals surface area contributed by atoms with E-state index in [1.54, 1.807) is 14.1 Å². The predicted molar refractivity (Wildman–Crippen MR) is 62.0 cm³/mol. The number of sulfonamides is 1. The first-order valence-corrected chi connectivity index (χ1v) is 7.20. The number of nitrogens with zero attached hydrogens (tertiary/aromatic N) is 1. The molecule has 0 amide bonds. The number of nitrogens with two attached hydrogens (primary N) is 1. The molecule has 1 saturated carbocycles. The molecule has 2 N–H and O–H groups in total. The van der Waals surface area contributed by atoms with Crippen LogP contribution in [-0.2, 0) is 10.0 Å². The van der Waals surface area contributed by atoms with E-state index in [1.165, 1.54) is 30.0 Å². The average Bonchev–Trinajstić information content (AvgIpc) is 2.66. The van der Waals surface area contributed by atoms with Crippen molar-refractivity contribution in [1.82, 2.24) is 4.31 Å². The lowest BCUT2D eigenvalue weighted by molar-refractivity contribution is 0.418. The van der Waals surface area contributed by atoms with Crippen molar-refractivity contribution >= 4 is 10.0 Å². The van der Waals surface area contributed by atoms with Crippen LogP contribution in [0.3, 0.4) is 0 Å². The van der Waals surface area contributed by atoms with Crippen LogP contribution >= 0.6 is 0 Å². The Labute approximate surface area is 92.9 Å². The summed E-state index contributed by atoms with van der Waals surface area (Å²) in [6.45, 7) is 0. The van der Waals surface area contributed by atoms with E-state index in [1.807, 2.05) is 0 Å². The van der Waals surface area contributed by atoms with Crippen LogP contribution in [0.1, 0.15) is 32.1 Å². The van der Waals surface area contributed by atoms with Crippen LogP contribution in [0.4, 0.5) is 0 Å². The molecule has 5 heteroatoms. The second kappa shape index (κ2) is 5.27. The Morgan fingerprint density at radius 1 is 1.33 bits per heavy atom. The normalized spacial score (nSPS) is 21.1. The lowest BCUT2D eigenvalue weighted by Gasteiger charge is -2.19. The molecule has 1 aliphatic carbocycles. The Hall–Kier alpha value is -0.130. The largest absolute Gasteiger partial charge is 0.327 e. The second-order valence-electron chi connectivity index (χ2n) is 4.60. The van der Waals surface area contributed by atoms with Gasteiger partial charge in [0.1, 0.15) is 0 Å². The molecule has 1 atom stereocenters. The van der Waals surface area contributed by atoms with Crippen LogP contribution < -0.4 is 5.73 Å². The SMILES string of the molecule is CN(C)S(=O)(=O)CCC(N)C1CCCC1. The fraction of sp³-hybridized carbons (Fsp3) is 1.00. The van der Waals surface area contributed by atoms with Crippen LogP contribution in [0, 0.1) is 5.92 Å². The molecule has 90 valence electrons. The first-order valence-electron chi connectivity index (χ1n) is 5.59. The van der Waals surface area contributed by atoms with E-state index in [2.05, 4.69) is 0 Å². The van der Waals surface area contributed by atoms with E-state index in [-0.39, 0.29) is 11.8 Å². The van der Waals surface area contributed by atoms with Crippen LogP contribution in [0.5, 0.6) is 0 Å². The minimum atomic E-state index is -3.07. The van der Waals surface area contributed by atoms with E-state index in [4.69, 9.17) is 5.73 Å². The van der Waals surface area contributed by atoms with Gasteiger partial charge in [0.25, 0.3) is 0 Å². The van der Waals surface area contributed by atoms with Crippen LogP contribution in [0.25, 0.3) is 0 Å². The highest BCUT2D eigenvalue weighted by Gasteiger charge is 2.24. The molecule has 1 unspecified atom stereocenters. The second-order valence-corrected chi connectivity index (χ2v) is 6.90. The maximum atomic E-state index is 11.5. The fourth-order valence-corrected chi connectivity index (χ4v) is 3.02. The molecule has 0 spiro atoms. The minimum absolute atomic E-state index is 0.0576. The van der Waals surface area contributed by atoms with E-state index < -0.39 is 10.0 Å². The molecular weight excluding hydrogens is 212 g/mol. The molecule has 0 radical (unpaired) electrons. The number of rotatable bonds is 5. The average molecular weight is 234 g/mol. The maximum Gasteiger partial charge on any atom is 0.213 e. The number of hydrogen-bond acceptors (Lipinski definition) is 3. The smallest absolute Gasteiger partial charge is 0.213 e. The quantitative estimate of drug-likeness (QED) is 0.765. The molecule has 0 aromatic rings. The lowest BCUT2D eigenvalue weighted by atomic mass is 9.97. The zero-order chi connectivity index (χ0) is 11.5. The Balaban J connectivity index is 2.36.